The lowest BCUT2D eigenvalue weighted by atomic mass is 9.89. The van der Waals surface area contributed by atoms with E-state index in [1.54, 1.807) is 0 Å². The van der Waals surface area contributed by atoms with Crippen LogP contribution in [0.2, 0.25) is 0 Å². The van der Waals surface area contributed by atoms with Crippen molar-refractivity contribution in [2.45, 2.75) is 0 Å². The number of hydrogen-bond donors (Lipinski definition) is 1. The van der Waals surface area contributed by atoms with Crippen molar-refractivity contribution in [1.29, 1.82) is 5.53 Å². The van der Waals surface area contributed by atoms with Crippen molar-refractivity contribution in [2.24, 2.45) is 5.11 Å². The van der Waals surface area contributed by atoms with Crippen molar-refractivity contribution < 1.29 is 0 Å². The Labute approximate surface area is 126 Å². The minimum Gasteiger partial charge on any atom is -0.204 e. The Kier molecular flexibility index (Phi) is 2.12. The molecule has 1 N–H and O–H groups in total. The first kappa shape index (κ1) is 11.6. The topological polar surface area (TPSA) is 36.2 Å². The summed E-state index contributed by atoms with van der Waals surface area (Å²) in [5.41, 5.74) is 8.30. The molecule has 102 valence electrons. The fourth-order valence-electron chi connectivity index (χ4n) is 3.73. The average molecular weight is 280 g/mol. The number of fused-ring (bicyclic) bond motifs is 2. The Balaban J connectivity index is 2.31. The van der Waals surface area contributed by atoms with E-state index in [1.807, 2.05) is 6.07 Å². The number of nitrogens with zero attached hydrogens (tertiary/aromatic N) is 1. The maximum absolute atomic E-state index is 7.56. The molecule has 0 unspecified atom stereocenters. The average Bonchev–Trinajstić information content (AvgIpc) is 2.59. The summed E-state index contributed by atoms with van der Waals surface area (Å²) in [5, 5.41) is 13.5. The maximum atomic E-state index is 7.56. The predicted octanol–water partition coefficient (Wildman–Crippen LogP) is 6.40. The monoisotopic (exact) mass is 280 g/mol. The van der Waals surface area contributed by atoms with Crippen molar-refractivity contribution in [3.63, 3.8) is 0 Å². The summed E-state index contributed by atoms with van der Waals surface area (Å²) < 4.78 is 0. The molecule has 2 heteroatoms. The van der Waals surface area contributed by atoms with Crippen LogP contribution in [0.15, 0.2) is 71.8 Å². The highest BCUT2D eigenvalue weighted by molar-refractivity contribution is 6.34. The fourth-order valence-corrected chi connectivity index (χ4v) is 3.73. The van der Waals surface area contributed by atoms with Crippen LogP contribution in [0.1, 0.15) is 0 Å². The van der Waals surface area contributed by atoms with E-state index < -0.39 is 0 Å². The summed E-state index contributed by atoms with van der Waals surface area (Å²) in [6.45, 7) is 0. The van der Waals surface area contributed by atoms with Crippen molar-refractivity contribution in [3.8, 4) is 0 Å². The van der Waals surface area contributed by atoms with Crippen molar-refractivity contribution >= 4 is 48.8 Å². The molecule has 5 aromatic carbocycles. The Morgan fingerprint density at radius 3 is 1.82 bits per heavy atom. The molecule has 2 nitrogen and oxygen atoms in total. The zero-order valence-corrected chi connectivity index (χ0v) is 11.8. The summed E-state index contributed by atoms with van der Waals surface area (Å²) in [6, 6.07) is 23.2. The van der Waals surface area contributed by atoms with Gasteiger partial charge in [-0.15, -0.1) is 0 Å². The van der Waals surface area contributed by atoms with Crippen molar-refractivity contribution in [2.75, 3.05) is 0 Å². The molecule has 0 aliphatic carbocycles. The van der Waals surface area contributed by atoms with Crippen LogP contribution in [0.5, 0.6) is 0 Å². The fraction of sp³-hybridized carbons (Fsp3) is 0. The van der Waals surface area contributed by atoms with Gasteiger partial charge in [0.25, 0.3) is 0 Å². The Morgan fingerprint density at radius 1 is 0.545 bits per heavy atom. The summed E-state index contributed by atoms with van der Waals surface area (Å²) in [4.78, 5) is 0. The van der Waals surface area contributed by atoms with Gasteiger partial charge in [0.1, 0.15) is 0 Å². The van der Waals surface area contributed by atoms with Crippen LogP contribution >= 0.6 is 0 Å². The van der Waals surface area contributed by atoms with E-state index in [0.29, 0.717) is 0 Å². The minimum absolute atomic E-state index is 0.738. The number of hydrogen-bond acceptors (Lipinski definition) is 2. The summed E-state index contributed by atoms with van der Waals surface area (Å²) in [7, 11) is 0. The summed E-state index contributed by atoms with van der Waals surface area (Å²) >= 11 is 0. The number of benzene rings is 5. The number of rotatable bonds is 1. The molecule has 22 heavy (non-hydrogen) atoms. The van der Waals surface area contributed by atoms with Gasteiger partial charge in [-0.2, -0.15) is 5.11 Å². The lowest BCUT2D eigenvalue weighted by molar-refractivity contribution is 1.16. The Bertz CT molecular complexity index is 1180. The van der Waals surface area contributed by atoms with E-state index in [9.17, 15) is 0 Å². The number of nitrogens with one attached hydrogen (secondary N) is 1. The van der Waals surface area contributed by atoms with Crippen LogP contribution in [0.4, 0.5) is 5.69 Å². The van der Waals surface area contributed by atoms with Gasteiger partial charge in [0.2, 0.25) is 0 Å². The molecule has 0 heterocycles. The van der Waals surface area contributed by atoms with Gasteiger partial charge in [-0.1, -0.05) is 60.7 Å². The zero-order chi connectivity index (χ0) is 14.7. The first-order valence-electron chi connectivity index (χ1n) is 7.34. The lowest BCUT2D eigenvalue weighted by Gasteiger charge is -2.15. The Hall–Kier alpha value is -3.00. The second-order valence-corrected chi connectivity index (χ2v) is 5.68. The largest absolute Gasteiger partial charge is 0.204 e. The van der Waals surface area contributed by atoms with Gasteiger partial charge in [-0.05, 0) is 43.8 Å². The van der Waals surface area contributed by atoms with Gasteiger partial charge in [0.15, 0.2) is 0 Å². The van der Waals surface area contributed by atoms with E-state index in [1.165, 1.54) is 37.7 Å². The smallest absolute Gasteiger partial charge is 0.0935 e. The third-order valence-corrected chi connectivity index (χ3v) is 4.61. The standard InChI is InChI=1S/C20H12N2/c21-22-17-11-10-13-6-2-8-15-14-7-1-4-12-5-3-9-16(18(12)14)20(17)19(13)15/h1-11,21H. The summed E-state index contributed by atoms with van der Waals surface area (Å²) in [5.74, 6) is 0. The lowest BCUT2D eigenvalue weighted by Crippen LogP contribution is -1.86. The zero-order valence-electron chi connectivity index (χ0n) is 11.8. The highest BCUT2D eigenvalue weighted by atomic mass is 15.0. The molecule has 0 aliphatic rings. The van der Waals surface area contributed by atoms with Gasteiger partial charge >= 0.3 is 0 Å². The molecular weight excluding hydrogens is 268 g/mol. The van der Waals surface area contributed by atoms with E-state index in [0.717, 1.165) is 11.1 Å². The molecule has 0 saturated carbocycles. The van der Waals surface area contributed by atoms with Crippen molar-refractivity contribution in [3.05, 3.63) is 66.7 Å². The van der Waals surface area contributed by atoms with E-state index in [2.05, 4.69) is 65.8 Å². The molecule has 0 radical (unpaired) electrons. The van der Waals surface area contributed by atoms with Crippen LogP contribution in [0, 0.1) is 5.53 Å². The maximum Gasteiger partial charge on any atom is 0.0935 e. The van der Waals surface area contributed by atoms with Gasteiger partial charge in [-0.3, -0.25) is 0 Å². The molecule has 0 spiro atoms. The molecular formula is C20H12N2. The summed E-state index contributed by atoms with van der Waals surface area (Å²) in [6.07, 6.45) is 0. The molecule has 5 rings (SSSR count). The third-order valence-electron chi connectivity index (χ3n) is 4.61. The predicted molar refractivity (Wildman–Crippen MR) is 92.5 cm³/mol. The van der Waals surface area contributed by atoms with Crippen LogP contribution in [-0.4, -0.2) is 0 Å². The van der Waals surface area contributed by atoms with E-state index >= 15 is 0 Å². The van der Waals surface area contributed by atoms with Crippen LogP contribution in [0.25, 0.3) is 43.1 Å². The van der Waals surface area contributed by atoms with Crippen molar-refractivity contribution in [1.82, 2.24) is 0 Å². The van der Waals surface area contributed by atoms with Gasteiger partial charge in [0, 0.05) is 5.39 Å². The van der Waals surface area contributed by atoms with Crippen LogP contribution < -0.4 is 0 Å². The molecule has 0 atom stereocenters. The first-order chi connectivity index (χ1) is 10.9. The molecule has 0 aromatic heterocycles. The van der Waals surface area contributed by atoms with Gasteiger partial charge in [0.05, 0.1) is 5.69 Å². The molecule has 0 saturated heterocycles. The van der Waals surface area contributed by atoms with Gasteiger partial charge < -0.3 is 0 Å². The van der Waals surface area contributed by atoms with Gasteiger partial charge in [-0.25, -0.2) is 5.53 Å². The normalized spacial score (nSPS) is 11.8. The van der Waals surface area contributed by atoms with E-state index in [4.69, 9.17) is 5.53 Å². The van der Waals surface area contributed by atoms with Crippen LogP contribution in [0.3, 0.4) is 0 Å². The highest BCUT2D eigenvalue weighted by Gasteiger charge is 2.14. The third kappa shape index (κ3) is 1.29. The first-order valence-corrected chi connectivity index (χ1v) is 7.34. The van der Waals surface area contributed by atoms with E-state index in [-0.39, 0.29) is 0 Å². The quantitative estimate of drug-likeness (QED) is 0.209. The van der Waals surface area contributed by atoms with Crippen LogP contribution in [-0.2, 0) is 0 Å². The molecule has 0 amide bonds. The molecule has 0 fully saturated rings. The second kappa shape index (κ2) is 4.01. The minimum atomic E-state index is 0.738. The molecule has 0 bridgehead atoms. The second-order valence-electron chi connectivity index (χ2n) is 5.68. The highest BCUT2D eigenvalue weighted by Crippen LogP contribution is 2.43. The SMILES string of the molecule is N=Nc1ccc2cccc3c4cccc5cccc(c1c23)c54. The molecule has 0 aliphatic heterocycles. The molecule has 5 aromatic rings. The Morgan fingerprint density at radius 2 is 1.14 bits per heavy atom.